The summed E-state index contributed by atoms with van der Waals surface area (Å²) < 4.78 is 5.08. The highest BCUT2D eigenvalue weighted by Crippen LogP contribution is 2.09. The van der Waals surface area contributed by atoms with Crippen molar-refractivity contribution in [3.05, 3.63) is 46.3 Å². The van der Waals surface area contributed by atoms with E-state index >= 15 is 0 Å². The molecule has 0 aromatic carbocycles. The average molecular weight is 246 g/mol. The minimum atomic E-state index is -0.204. The summed E-state index contributed by atoms with van der Waals surface area (Å²) in [4.78, 5) is 18.2. The Balaban J connectivity index is 2.12. The molecule has 0 saturated carbocycles. The Morgan fingerprint density at radius 2 is 2.39 bits per heavy atom. The summed E-state index contributed by atoms with van der Waals surface area (Å²) in [6.45, 7) is 3.94. The van der Waals surface area contributed by atoms with Crippen LogP contribution in [0.1, 0.15) is 31.2 Å². The summed E-state index contributed by atoms with van der Waals surface area (Å²) >= 11 is 0. The van der Waals surface area contributed by atoms with Gasteiger partial charge < -0.3 is 4.42 Å². The third-order valence-electron chi connectivity index (χ3n) is 2.26. The van der Waals surface area contributed by atoms with Crippen LogP contribution in [0.2, 0.25) is 0 Å². The molecule has 0 atom stereocenters. The Morgan fingerprint density at radius 1 is 1.56 bits per heavy atom. The molecule has 2 N–H and O–H groups in total. The van der Waals surface area contributed by atoms with Gasteiger partial charge in [-0.1, -0.05) is 13.8 Å². The predicted molar refractivity (Wildman–Crippen MR) is 68.9 cm³/mol. The molecular formula is C12H14N4O2. The molecule has 2 heterocycles. The van der Waals surface area contributed by atoms with Gasteiger partial charge in [-0.3, -0.25) is 9.78 Å². The van der Waals surface area contributed by atoms with Crippen molar-refractivity contribution in [1.29, 1.82) is 0 Å². The van der Waals surface area contributed by atoms with Crippen molar-refractivity contribution in [3.8, 4) is 0 Å². The number of aromatic amines is 1. The molecule has 0 aliphatic rings. The van der Waals surface area contributed by atoms with Gasteiger partial charge in [0.25, 0.3) is 5.56 Å². The number of anilines is 1. The Bertz CT molecular complexity index is 584. The normalized spacial score (nSPS) is 11.3. The summed E-state index contributed by atoms with van der Waals surface area (Å²) in [7, 11) is 0. The van der Waals surface area contributed by atoms with E-state index in [-0.39, 0.29) is 11.5 Å². The Kier molecular flexibility index (Phi) is 3.57. The fraction of sp³-hybridized carbons (Fsp3) is 0.250. The zero-order valence-electron chi connectivity index (χ0n) is 10.2. The third-order valence-corrected chi connectivity index (χ3v) is 2.26. The number of aromatic nitrogens is 2. The molecule has 94 valence electrons. The van der Waals surface area contributed by atoms with Crippen molar-refractivity contribution in [2.24, 2.45) is 5.10 Å². The quantitative estimate of drug-likeness (QED) is 0.637. The lowest BCUT2D eigenvalue weighted by atomic mass is 10.1. The maximum atomic E-state index is 11.4. The lowest BCUT2D eigenvalue weighted by Gasteiger charge is -2.05. The second kappa shape index (κ2) is 5.31. The van der Waals surface area contributed by atoms with Gasteiger partial charge in [0.05, 0.1) is 18.2 Å². The molecule has 0 aliphatic carbocycles. The number of rotatable bonds is 4. The van der Waals surface area contributed by atoms with Gasteiger partial charge in [0, 0.05) is 6.07 Å². The number of nitrogens with one attached hydrogen (secondary N) is 2. The number of furan rings is 1. The standard InChI is InChI=1S/C12H14N4O2/c1-8(2)10-6-11(17)15-12(14-10)16-13-7-9-4-3-5-18-9/h3-8H,1-2H3,(H2,14,15,16,17)/b13-7-. The van der Waals surface area contributed by atoms with Crippen LogP contribution in [0.3, 0.4) is 0 Å². The fourth-order valence-corrected chi connectivity index (χ4v) is 1.35. The minimum Gasteiger partial charge on any atom is -0.463 e. The van der Waals surface area contributed by atoms with Crippen molar-refractivity contribution < 1.29 is 4.42 Å². The third kappa shape index (κ3) is 3.07. The molecule has 0 aliphatic heterocycles. The second-order valence-electron chi connectivity index (χ2n) is 4.06. The van der Waals surface area contributed by atoms with Gasteiger partial charge >= 0.3 is 0 Å². The first-order chi connectivity index (χ1) is 8.65. The summed E-state index contributed by atoms with van der Waals surface area (Å²) in [5.41, 5.74) is 3.17. The zero-order valence-corrected chi connectivity index (χ0v) is 10.2. The van der Waals surface area contributed by atoms with Crippen LogP contribution >= 0.6 is 0 Å². The van der Waals surface area contributed by atoms with E-state index in [0.717, 1.165) is 5.69 Å². The van der Waals surface area contributed by atoms with Crippen molar-refractivity contribution in [2.45, 2.75) is 19.8 Å². The smallest absolute Gasteiger partial charge is 0.252 e. The van der Waals surface area contributed by atoms with Gasteiger partial charge in [0.1, 0.15) is 5.76 Å². The van der Waals surface area contributed by atoms with Crippen LogP contribution in [0.5, 0.6) is 0 Å². The molecule has 0 amide bonds. The molecule has 2 aromatic rings. The molecule has 0 unspecified atom stereocenters. The molecule has 0 bridgehead atoms. The molecule has 18 heavy (non-hydrogen) atoms. The fourth-order valence-electron chi connectivity index (χ4n) is 1.35. The SMILES string of the molecule is CC(C)c1cc(=O)[nH]c(N/N=C\c2ccco2)n1. The number of hydrogen-bond donors (Lipinski definition) is 2. The molecule has 0 spiro atoms. The van der Waals surface area contributed by atoms with Gasteiger partial charge in [-0.15, -0.1) is 0 Å². The molecule has 0 radical (unpaired) electrons. The molecular weight excluding hydrogens is 232 g/mol. The lowest BCUT2D eigenvalue weighted by molar-refractivity contribution is 0.560. The zero-order chi connectivity index (χ0) is 13.0. The summed E-state index contributed by atoms with van der Waals surface area (Å²) in [5, 5.41) is 3.92. The average Bonchev–Trinajstić information content (AvgIpc) is 2.81. The molecule has 2 aromatic heterocycles. The van der Waals surface area contributed by atoms with E-state index in [2.05, 4.69) is 20.5 Å². The maximum absolute atomic E-state index is 11.4. The van der Waals surface area contributed by atoms with Crippen LogP contribution in [0, 0.1) is 0 Å². The van der Waals surface area contributed by atoms with Gasteiger partial charge in [-0.25, -0.2) is 10.4 Å². The summed E-state index contributed by atoms with van der Waals surface area (Å²) in [6.07, 6.45) is 3.06. The van der Waals surface area contributed by atoms with Gasteiger partial charge in [-0.05, 0) is 18.1 Å². The van der Waals surface area contributed by atoms with Crippen molar-refractivity contribution >= 4 is 12.2 Å². The van der Waals surface area contributed by atoms with E-state index in [9.17, 15) is 4.79 Å². The van der Waals surface area contributed by atoms with E-state index in [1.165, 1.54) is 12.3 Å². The van der Waals surface area contributed by atoms with Crippen LogP contribution in [-0.4, -0.2) is 16.2 Å². The Morgan fingerprint density at radius 3 is 3.06 bits per heavy atom. The van der Waals surface area contributed by atoms with E-state index in [4.69, 9.17) is 4.42 Å². The number of hydrazone groups is 1. The topological polar surface area (TPSA) is 83.3 Å². The van der Waals surface area contributed by atoms with Crippen LogP contribution in [0.4, 0.5) is 5.95 Å². The molecule has 6 nitrogen and oxygen atoms in total. The van der Waals surface area contributed by atoms with E-state index in [0.29, 0.717) is 11.7 Å². The first-order valence-corrected chi connectivity index (χ1v) is 5.59. The van der Waals surface area contributed by atoms with Gasteiger partial charge in [0.15, 0.2) is 0 Å². The largest absolute Gasteiger partial charge is 0.463 e. The van der Waals surface area contributed by atoms with Crippen LogP contribution in [0.15, 0.2) is 38.8 Å². The minimum absolute atomic E-state index is 0.182. The summed E-state index contributed by atoms with van der Waals surface area (Å²) in [6, 6.07) is 5.01. The van der Waals surface area contributed by atoms with Gasteiger partial charge in [-0.2, -0.15) is 5.10 Å². The van der Waals surface area contributed by atoms with Crippen molar-refractivity contribution in [2.75, 3.05) is 5.43 Å². The molecule has 6 heteroatoms. The number of nitrogens with zero attached hydrogens (tertiary/aromatic N) is 2. The summed E-state index contributed by atoms with van der Waals surface area (Å²) in [5.74, 6) is 1.11. The number of hydrogen-bond acceptors (Lipinski definition) is 5. The first kappa shape index (κ1) is 12.1. The predicted octanol–water partition coefficient (Wildman–Crippen LogP) is 1.93. The second-order valence-corrected chi connectivity index (χ2v) is 4.06. The van der Waals surface area contributed by atoms with Crippen LogP contribution in [0.25, 0.3) is 0 Å². The Labute approximate surface area is 104 Å². The highest BCUT2D eigenvalue weighted by Gasteiger charge is 2.04. The highest BCUT2D eigenvalue weighted by molar-refractivity contribution is 5.76. The number of H-pyrrole nitrogens is 1. The Hall–Kier alpha value is -2.37. The lowest BCUT2D eigenvalue weighted by Crippen LogP contribution is -2.12. The molecule has 0 fully saturated rings. The highest BCUT2D eigenvalue weighted by atomic mass is 16.3. The van der Waals surface area contributed by atoms with E-state index in [1.54, 1.807) is 18.4 Å². The van der Waals surface area contributed by atoms with Gasteiger partial charge in [0.2, 0.25) is 5.95 Å². The van der Waals surface area contributed by atoms with Crippen LogP contribution < -0.4 is 11.0 Å². The van der Waals surface area contributed by atoms with E-state index < -0.39 is 0 Å². The molecule has 2 rings (SSSR count). The van der Waals surface area contributed by atoms with Crippen molar-refractivity contribution in [3.63, 3.8) is 0 Å². The van der Waals surface area contributed by atoms with Crippen LogP contribution in [-0.2, 0) is 0 Å². The van der Waals surface area contributed by atoms with E-state index in [1.807, 2.05) is 13.8 Å². The monoisotopic (exact) mass is 246 g/mol. The maximum Gasteiger partial charge on any atom is 0.252 e. The van der Waals surface area contributed by atoms with Crippen molar-refractivity contribution in [1.82, 2.24) is 9.97 Å². The molecule has 0 saturated heterocycles. The first-order valence-electron chi connectivity index (χ1n) is 5.59.